The molecular formula is C7H7ClN2O2. The molecule has 0 aromatic carbocycles. The lowest BCUT2D eigenvalue weighted by Gasteiger charge is -2.03. The van der Waals surface area contributed by atoms with Gasteiger partial charge in [-0.1, -0.05) is 0 Å². The van der Waals surface area contributed by atoms with Crippen molar-refractivity contribution < 1.29 is 9.52 Å². The number of pyridine rings is 1. The first-order valence-electron chi connectivity index (χ1n) is 3.26. The third kappa shape index (κ3) is 1.85. The van der Waals surface area contributed by atoms with Crippen molar-refractivity contribution in [1.29, 1.82) is 0 Å². The lowest BCUT2D eigenvalue weighted by Crippen LogP contribution is -2.27. The van der Waals surface area contributed by atoms with Gasteiger partial charge in [0.1, 0.15) is 5.69 Å². The van der Waals surface area contributed by atoms with Gasteiger partial charge >= 0.3 is 5.15 Å². The SMILES string of the molecule is CC(=O)Nc1ccc[n+]([O-])c1Cl. The van der Waals surface area contributed by atoms with Crippen molar-refractivity contribution in [2.75, 3.05) is 5.32 Å². The number of carbonyl (C=O) groups excluding carboxylic acids is 1. The summed E-state index contributed by atoms with van der Waals surface area (Å²) in [5, 5.41) is 13.2. The Bertz CT molecular complexity index is 314. The van der Waals surface area contributed by atoms with Gasteiger partial charge in [0.2, 0.25) is 5.91 Å². The zero-order chi connectivity index (χ0) is 9.14. The first-order chi connectivity index (χ1) is 5.61. The van der Waals surface area contributed by atoms with Crippen LogP contribution >= 0.6 is 11.6 Å². The van der Waals surface area contributed by atoms with Gasteiger partial charge in [-0.3, -0.25) is 4.79 Å². The van der Waals surface area contributed by atoms with Crippen LogP contribution in [0.4, 0.5) is 5.69 Å². The van der Waals surface area contributed by atoms with E-state index < -0.39 is 0 Å². The molecule has 0 aliphatic heterocycles. The first-order valence-corrected chi connectivity index (χ1v) is 3.64. The predicted octanol–water partition coefficient (Wildman–Crippen LogP) is 0.932. The van der Waals surface area contributed by atoms with Gasteiger partial charge in [0.05, 0.1) is 0 Å². The Morgan fingerprint density at radius 3 is 3.00 bits per heavy atom. The molecule has 1 aromatic rings. The fraction of sp³-hybridized carbons (Fsp3) is 0.143. The summed E-state index contributed by atoms with van der Waals surface area (Å²) in [6, 6.07) is 3.06. The normalized spacial score (nSPS) is 9.50. The van der Waals surface area contributed by atoms with Gasteiger partial charge < -0.3 is 10.5 Å². The number of hydrogen-bond donors (Lipinski definition) is 1. The number of halogens is 1. The molecule has 0 radical (unpaired) electrons. The van der Waals surface area contributed by atoms with Crippen molar-refractivity contribution >= 4 is 23.2 Å². The molecule has 0 saturated heterocycles. The Morgan fingerprint density at radius 2 is 2.42 bits per heavy atom. The highest BCUT2D eigenvalue weighted by Gasteiger charge is 2.08. The van der Waals surface area contributed by atoms with E-state index in [-0.39, 0.29) is 11.1 Å². The van der Waals surface area contributed by atoms with Crippen LogP contribution in [0.1, 0.15) is 6.92 Å². The lowest BCUT2D eigenvalue weighted by molar-refractivity contribution is -0.602. The maximum atomic E-state index is 10.9. The summed E-state index contributed by atoms with van der Waals surface area (Å²) in [4.78, 5) is 10.6. The lowest BCUT2D eigenvalue weighted by atomic mass is 10.4. The van der Waals surface area contributed by atoms with Crippen LogP contribution in [-0.2, 0) is 4.79 Å². The van der Waals surface area contributed by atoms with E-state index in [1.807, 2.05) is 0 Å². The monoisotopic (exact) mass is 186 g/mol. The van der Waals surface area contributed by atoms with E-state index in [4.69, 9.17) is 11.6 Å². The van der Waals surface area contributed by atoms with Crippen molar-refractivity contribution in [3.05, 3.63) is 28.7 Å². The van der Waals surface area contributed by atoms with Crippen molar-refractivity contribution in [2.45, 2.75) is 6.92 Å². The van der Waals surface area contributed by atoms with Crippen LogP contribution in [0.3, 0.4) is 0 Å². The molecule has 1 rings (SSSR count). The number of nitrogens with one attached hydrogen (secondary N) is 1. The van der Waals surface area contributed by atoms with Crippen LogP contribution in [-0.4, -0.2) is 5.91 Å². The number of hydrogen-bond acceptors (Lipinski definition) is 2. The molecule has 0 unspecified atom stereocenters. The zero-order valence-corrected chi connectivity index (χ0v) is 7.13. The van der Waals surface area contributed by atoms with Crippen LogP contribution in [0.15, 0.2) is 18.3 Å². The second-order valence-corrected chi connectivity index (χ2v) is 2.58. The molecule has 5 heteroatoms. The quantitative estimate of drug-likeness (QED) is 0.403. The molecule has 1 amide bonds. The molecule has 0 fully saturated rings. The maximum absolute atomic E-state index is 10.9. The number of aromatic nitrogens is 1. The Morgan fingerprint density at radius 1 is 1.75 bits per heavy atom. The molecule has 0 aliphatic carbocycles. The van der Waals surface area contributed by atoms with E-state index in [1.54, 1.807) is 6.07 Å². The third-order valence-corrected chi connectivity index (χ3v) is 1.58. The van der Waals surface area contributed by atoms with Gasteiger partial charge in [0.25, 0.3) is 0 Å². The summed E-state index contributed by atoms with van der Waals surface area (Å²) < 4.78 is 0.479. The van der Waals surface area contributed by atoms with Crippen molar-refractivity contribution in [2.24, 2.45) is 0 Å². The smallest absolute Gasteiger partial charge is 0.310 e. The summed E-state index contributed by atoms with van der Waals surface area (Å²) in [5.74, 6) is -0.261. The largest absolute Gasteiger partial charge is 0.618 e. The highest BCUT2D eigenvalue weighted by Crippen LogP contribution is 2.15. The van der Waals surface area contributed by atoms with Crippen LogP contribution in [0.5, 0.6) is 0 Å². The van der Waals surface area contributed by atoms with Gasteiger partial charge in [-0.05, 0) is 17.7 Å². The standard InChI is InChI=1S/C7H7ClN2O2/c1-5(11)9-6-3-2-4-10(12)7(6)8/h2-4H,1H3,(H,9,11). The van der Waals surface area contributed by atoms with Crippen molar-refractivity contribution in [1.82, 2.24) is 0 Å². The molecule has 1 N–H and O–H groups in total. The number of anilines is 1. The molecule has 64 valence electrons. The van der Waals surface area contributed by atoms with Gasteiger partial charge in [0.15, 0.2) is 6.20 Å². The average molecular weight is 187 g/mol. The summed E-state index contributed by atoms with van der Waals surface area (Å²) >= 11 is 5.57. The maximum Gasteiger partial charge on any atom is 0.310 e. The minimum Gasteiger partial charge on any atom is -0.618 e. The highest BCUT2D eigenvalue weighted by molar-refractivity contribution is 6.31. The minimum atomic E-state index is -0.261. The fourth-order valence-corrected chi connectivity index (χ4v) is 0.920. The Balaban J connectivity index is 3.00. The zero-order valence-electron chi connectivity index (χ0n) is 6.37. The Labute approximate surface area is 74.4 Å². The molecule has 0 saturated carbocycles. The van der Waals surface area contributed by atoms with E-state index in [9.17, 15) is 10.0 Å². The van der Waals surface area contributed by atoms with Gasteiger partial charge in [-0.15, -0.1) is 0 Å². The second-order valence-electron chi connectivity index (χ2n) is 2.22. The fourth-order valence-electron chi connectivity index (χ4n) is 0.753. The summed E-state index contributed by atoms with van der Waals surface area (Å²) in [6.45, 7) is 1.35. The molecule has 0 atom stereocenters. The van der Waals surface area contributed by atoms with Crippen molar-refractivity contribution in [3.63, 3.8) is 0 Å². The molecule has 1 heterocycles. The predicted molar refractivity (Wildman–Crippen MR) is 44.7 cm³/mol. The summed E-state index contributed by atoms with van der Waals surface area (Å²) in [5.41, 5.74) is 0.321. The van der Waals surface area contributed by atoms with Gasteiger partial charge in [0, 0.05) is 13.0 Å². The summed E-state index contributed by atoms with van der Waals surface area (Å²) in [6.07, 6.45) is 1.26. The topological polar surface area (TPSA) is 56.0 Å². The van der Waals surface area contributed by atoms with E-state index in [0.717, 1.165) is 0 Å². The second kappa shape index (κ2) is 3.40. The van der Waals surface area contributed by atoms with E-state index in [0.29, 0.717) is 10.4 Å². The minimum absolute atomic E-state index is 0.0345. The average Bonchev–Trinajstić information content (AvgIpc) is 1.98. The van der Waals surface area contributed by atoms with E-state index in [1.165, 1.54) is 19.2 Å². The van der Waals surface area contributed by atoms with Crippen LogP contribution in [0.25, 0.3) is 0 Å². The van der Waals surface area contributed by atoms with Crippen LogP contribution < -0.4 is 10.0 Å². The van der Waals surface area contributed by atoms with Gasteiger partial charge in [-0.2, -0.15) is 4.73 Å². The van der Waals surface area contributed by atoms with E-state index >= 15 is 0 Å². The van der Waals surface area contributed by atoms with Crippen LogP contribution in [0, 0.1) is 5.21 Å². The van der Waals surface area contributed by atoms with Crippen molar-refractivity contribution in [3.8, 4) is 0 Å². The van der Waals surface area contributed by atoms with E-state index in [2.05, 4.69) is 5.32 Å². The molecule has 0 aliphatic rings. The molecule has 1 aromatic heterocycles. The molecule has 12 heavy (non-hydrogen) atoms. The third-order valence-electron chi connectivity index (χ3n) is 1.21. The number of rotatable bonds is 1. The molecule has 0 bridgehead atoms. The first kappa shape index (κ1) is 8.80. The Kier molecular flexibility index (Phi) is 2.50. The van der Waals surface area contributed by atoms with Gasteiger partial charge in [-0.25, -0.2) is 0 Å². The molecule has 0 spiro atoms. The highest BCUT2D eigenvalue weighted by atomic mass is 35.5. The number of carbonyl (C=O) groups is 1. The molecular weight excluding hydrogens is 180 g/mol. The Hall–Kier alpha value is -1.29. The summed E-state index contributed by atoms with van der Waals surface area (Å²) in [7, 11) is 0. The number of amides is 1. The molecule has 4 nitrogen and oxygen atoms in total. The number of nitrogens with zero attached hydrogens (tertiary/aromatic N) is 1. The van der Waals surface area contributed by atoms with Crippen LogP contribution in [0.2, 0.25) is 5.15 Å².